The molecule has 0 spiro atoms. The number of halogens is 2. The van der Waals surface area contributed by atoms with Crippen molar-refractivity contribution in [1.29, 1.82) is 0 Å². The lowest BCUT2D eigenvalue weighted by Crippen LogP contribution is -2.02. The molecule has 0 amide bonds. The molecule has 0 atom stereocenters. The summed E-state index contributed by atoms with van der Waals surface area (Å²) >= 11 is 3.20. The minimum Gasteiger partial charge on any atom is -0.326 e. The van der Waals surface area contributed by atoms with E-state index in [1.807, 2.05) is 13.0 Å². The molecule has 1 aromatic rings. The summed E-state index contributed by atoms with van der Waals surface area (Å²) in [5.74, 6) is -0.237. The van der Waals surface area contributed by atoms with E-state index >= 15 is 0 Å². The van der Waals surface area contributed by atoms with Crippen molar-refractivity contribution in [2.45, 2.75) is 13.5 Å². The topological polar surface area (TPSA) is 26.0 Å². The fourth-order valence-corrected chi connectivity index (χ4v) is 1.53. The zero-order chi connectivity index (χ0) is 8.43. The van der Waals surface area contributed by atoms with Crippen LogP contribution in [0.1, 0.15) is 11.1 Å². The Balaban J connectivity index is 3.25. The third-order valence-corrected chi connectivity index (χ3v) is 2.05. The van der Waals surface area contributed by atoms with Crippen LogP contribution in [0.15, 0.2) is 16.6 Å². The first-order chi connectivity index (χ1) is 5.15. The van der Waals surface area contributed by atoms with Gasteiger partial charge in [0.1, 0.15) is 5.82 Å². The minimum atomic E-state index is -0.237. The Morgan fingerprint density at radius 1 is 1.55 bits per heavy atom. The van der Waals surface area contributed by atoms with Gasteiger partial charge >= 0.3 is 0 Å². The van der Waals surface area contributed by atoms with E-state index in [2.05, 4.69) is 15.9 Å². The molecule has 0 fully saturated rings. The smallest absolute Gasteiger partial charge is 0.129 e. The van der Waals surface area contributed by atoms with Gasteiger partial charge in [-0.15, -0.1) is 0 Å². The largest absolute Gasteiger partial charge is 0.326 e. The number of hydrogen-bond acceptors (Lipinski definition) is 1. The highest BCUT2D eigenvalue weighted by Crippen LogP contribution is 2.19. The van der Waals surface area contributed by atoms with Crippen LogP contribution in [0.2, 0.25) is 0 Å². The van der Waals surface area contributed by atoms with E-state index in [4.69, 9.17) is 5.73 Å². The van der Waals surface area contributed by atoms with Crippen molar-refractivity contribution in [3.63, 3.8) is 0 Å². The van der Waals surface area contributed by atoms with Crippen LogP contribution in [0.4, 0.5) is 4.39 Å². The van der Waals surface area contributed by atoms with E-state index < -0.39 is 0 Å². The van der Waals surface area contributed by atoms with Gasteiger partial charge in [0, 0.05) is 16.6 Å². The number of hydrogen-bond donors (Lipinski definition) is 1. The molecule has 0 aliphatic heterocycles. The monoisotopic (exact) mass is 217 g/mol. The lowest BCUT2D eigenvalue weighted by molar-refractivity contribution is 0.607. The predicted octanol–water partition coefficient (Wildman–Crippen LogP) is 2.36. The maximum Gasteiger partial charge on any atom is 0.129 e. The van der Waals surface area contributed by atoms with Crippen molar-refractivity contribution < 1.29 is 4.39 Å². The third-order valence-electron chi connectivity index (χ3n) is 1.59. The molecule has 1 nitrogen and oxygen atoms in total. The fraction of sp³-hybridized carbons (Fsp3) is 0.250. The molecule has 2 N–H and O–H groups in total. The zero-order valence-corrected chi connectivity index (χ0v) is 7.78. The molecule has 1 aromatic carbocycles. The van der Waals surface area contributed by atoms with E-state index in [9.17, 15) is 4.39 Å². The molecule has 0 aliphatic carbocycles. The molecule has 0 unspecified atom stereocenters. The van der Waals surface area contributed by atoms with Crippen molar-refractivity contribution in [2.75, 3.05) is 0 Å². The maximum atomic E-state index is 13.0. The molecule has 0 heterocycles. The molecule has 60 valence electrons. The van der Waals surface area contributed by atoms with Crippen LogP contribution in [0.5, 0.6) is 0 Å². The third kappa shape index (κ3) is 1.79. The molecule has 0 saturated carbocycles. The summed E-state index contributed by atoms with van der Waals surface area (Å²) in [4.78, 5) is 0. The van der Waals surface area contributed by atoms with E-state index in [1.165, 1.54) is 6.07 Å². The number of nitrogens with two attached hydrogens (primary N) is 1. The Labute approximate surface area is 73.5 Å². The highest BCUT2D eigenvalue weighted by molar-refractivity contribution is 9.10. The van der Waals surface area contributed by atoms with Gasteiger partial charge < -0.3 is 5.73 Å². The number of rotatable bonds is 1. The minimum absolute atomic E-state index is 0.237. The fourth-order valence-electron chi connectivity index (χ4n) is 0.991. The first-order valence-electron chi connectivity index (χ1n) is 3.29. The maximum absolute atomic E-state index is 13.0. The first kappa shape index (κ1) is 8.68. The van der Waals surface area contributed by atoms with Crippen molar-refractivity contribution in [3.8, 4) is 0 Å². The molecule has 0 saturated heterocycles. The van der Waals surface area contributed by atoms with Gasteiger partial charge in [0.25, 0.3) is 0 Å². The average molecular weight is 218 g/mol. The summed E-state index contributed by atoms with van der Waals surface area (Å²) in [6.07, 6.45) is 0. The molecular formula is C8H9BrFN. The van der Waals surface area contributed by atoms with Gasteiger partial charge in [-0.25, -0.2) is 4.39 Å². The van der Waals surface area contributed by atoms with Gasteiger partial charge in [0.15, 0.2) is 0 Å². The van der Waals surface area contributed by atoms with Gasteiger partial charge in [0.05, 0.1) is 0 Å². The van der Waals surface area contributed by atoms with Crippen molar-refractivity contribution in [3.05, 3.63) is 33.5 Å². The molecule has 0 radical (unpaired) electrons. The van der Waals surface area contributed by atoms with Crippen LogP contribution < -0.4 is 5.73 Å². The summed E-state index contributed by atoms with van der Waals surface area (Å²) in [5.41, 5.74) is 6.83. The average Bonchev–Trinajstić information content (AvgIpc) is 1.85. The molecule has 1 rings (SSSR count). The van der Waals surface area contributed by atoms with Gasteiger partial charge in [0.2, 0.25) is 0 Å². The normalized spacial score (nSPS) is 10.2. The Morgan fingerprint density at radius 3 is 2.64 bits per heavy atom. The predicted molar refractivity (Wildman–Crippen MR) is 46.7 cm³/mol. The number of benzene rings is 1. The molecular weight excluding hydrogens is 209 g/mol. The standard InChI is InChI=1S/C8H9BrFN/c1-5-2-6(9)3-8(10)7(5)4-11/h2-3H,4,11H2,1H3. The van der Waals surface area contributed by atoms with Crippen LogP contribution in [-0.4, -0.2) is 0 Å². The highest BCUT2D eigenvalue weighted by Gasteiger charge is 2.04. The second-order valence-electron chi connectivity index (χ2n) is 2.39. The van der Waals surface area contributed by atoms with Gasteiger partial charge in [-0.2, -0.15) is 0 Å². The lowest BCUT2D eigenvalue weighted by Gasteiger charge is -2.04. The van der Waals surface area contributed by atoms with Crippen LogP contribution in [0, 0.1) is 12.7 Å². The van der Waals surface area contributed by atoms with Crippen LogP contribution in [0.3, 0.4) is 0 Å². The van der Waals surface area contributed by atoms with E-state index in [0.717, 1.165) is 10.0 Å². The van der Waals surface area contributed by atoms with E-state index in [-0.39, 0.29) is 12.4 Å². The van der Waals surface area contributed by atoms with Crippen LogP contribution >= 0.6 is 15.9 Å². The van der Waals surface area contributed by atoms with Gasteiger partial charge in [-0.3, -0.25) is 0 Å². The summed E-state index contributed by atoms with van der Waals surface area (Å²) < 4.78 is 13.8. The SMILES string of the molecule is Cc1cc(Br)cc(F)c1CN. The van der Waals surface area contributed by atoms with Gasteiger partial charge in [-0.1, -0.05) is 15.9 Å². The van der Waals surface area contributed by atoms with E-state index in [1.54, 1.807) is 0 Å². The summed E-state index contributed by atoms with van der Waals surface area (Å²) in [5, 5.41) is 0. The van der Waals surface area contributed by atoms with Crippen molar-refractivity contribution in [1.82, 2.24) is 0 Å². The Kier molecular flexibility index (Phi) is 2.62. The molecule has 0 bridgehead atoms. The first-order valence-corrected chi connectivity index (χ1v) is 4.09. The summed E-state index contributed by atoms with van der Waals surface area (Å²) in [7, 11) is 0. The Hall–Kier alpha value is -0.410. The highest BCUT2D eigenvalue weighted by atomic mass is 79.9. The quantitative estimate of drug-likeness (QED) is 0.769. The Bertz CT molecular complexity index is 250. The van der Waals surface area contributed by atoms with Crippen molar-refractivity contribution in [2.24, 2.45) is 5.73 Å². The molecule has 0 aromatic heterocycles. The van der Waals surface area contributed by atoms with Crippen LogP contribution in [-0.2, 0) is 6.54 Å². The zero-order valence-electron chi connectivity index (χ0n) is 6.20. The number of aryl methyl sites for hydroxylation is 1. The Morgan fingerprint density at radius 2 is 2.18 bits per heavy atom. The lowest BCUT2D eigenvalue weighted by atomic mass is 10.1. The van der Waals surface area contributed by atoms with E-state index in [0.29, 0.717) is 5.56 Å². The van der Waals surface area contributed by atoms with Gasteiger partial charge in [-0.05, 0) is 24.6 Å². The molecule has 3 heteroatoms. The summed E-state index contributed by atoms with van der Waals surface area (Å²) in [6, 6.07) is 3.28. The van der Waals surface area contributed by atoms with Crippen LogP contribution in [0.25, 0.3) is 0 Å². The second kappa shape index (κ2) is 3.32. The molecule has 0 aliphatic rings. The second-order valence-corrected chi connectivity index (χ2v) is 3.30. The summed E-state index contributed by atoms with van der Waals surface area (Å²) in [6.45, 7) is 2.10. The van der Waals surface area contributed by atoms with Crippen molar-refractivity contribution >= 4 is 15.9 Å². The molecule has 11 heavy (non-hydrogen) atoms.